The van der Waals surface area contributed by atoms with Gasteiger partial charge >= 0.3 is 29.6 Å². The van der Waals surface area contributed by atoms with Gasteiger partial charge in [-0.05, 0) is 37.1 Å². The number of rotatable bonds is 3. The van der Waals surface area contributed by atoms with Crippen LogP contribution in [-0.2, 0) is 10.1 Å². The van der Waals surface area contributed by atoms with Crippen LogP contribution in [-0.4, -0.2) is 24.5 Å². The average Bonchev–Trinajstić information content (AvgIpc) is 2.69. The van der Waals surface area contributed by atoms with E-state index in [4.69, 9.17) is 5.73 Å². The van der Waals surface area contributed by atoms with Crippen molar-refractivity contribution >= 4 is 38.7 Å². The van der Waals surface area contributed by atoms with E-state index in [2.05, 4.69) is 5.32 Å². The number of carbonyl (C=O) groups is 2. The Kier molecular flexibility index (Phi) is 6.14. The van der Waals surface area contributed by atoms with Crippen molar-refractivity contribution in [2.75, 3.05) is 11.1 Å². The number of nitrogens with one attached hydrogen (secondary N) is 1. The van der Waals surface area contributed by atoms with Gasteiger partial charge in [-0.1, -0.05) is 36.4 Å². The number of aryl methyl sites for hydroxylation is 2. The molecule has 0 aliphatic heterocycles. The first-order valence-corrected chi connectivity index (χ1v) is 10.5. The molecule has 3 N–H and O–H groups in total. The maximum absolute atomic E-state index is 13.3. The van der Waals surface area contributed by atoms with Gasteiger partial charge in [0.15, 0.2) is 11.6 Å². The molecule has 0 spiro atoms. The normalized spacial score (nSPS) is 12.6. The zero-order chi connectivity index (χ0) is 21.8. The number of anilines is 3. The third-order valence-electron chi connectivity index (χ3n) is 5.13. The van der Waals surface area contributed by atoms with Crippen LogP contribution in [0.5, 0.6) is 0 Å². The number of hydrogen-bond donors (Lipinski definition) is 2. The smallest absolute Gasteiger partial charge is 0.744 e. The van der Waals surface area contributed by atoms with E-state index in [9.17, 15) is 22.6 Å². The van der Waals surface area contributed by atoms with E-state index >= 15 is 0 Å². The molecular formula is C22H17N2NaO5S. The molecule has 9 heteroatoms. The van der Waals surface area contributed by atoms with Gasteiger partial charge in [0.25, 0.3) is 0 Å². The second kappa shape index (κ2) is 8.22. The Morgan fingerprint density at radius 3 is 2.03 bits per heavy atom. The fourth-order valence-corrected chi connectivity index (χ4v) is 4.25. The van der Waals surface area contributed by atoms with E-state index in [0.29, 0.717) is 5.69 Å². The molecule has 0 saturated heterocycles. The predicted molar refractivity (Wildman–Crippen MR) is 111 cm³/mol. The summed E-state index contributed by atoms with van der Waals surface area (Å²) in [6, 6.07) is 12.8. The number of ketones is 2. The van der Waals surface area contributed by atoms with E-state index in [1.807, 2.05) is 32.0 Å². The zero-order valence-electron chi connectivity index (χ0n) is 17.1. The minimum Gasteiger partial charge on any atom is -0.744 e. The molecule has 152 valence electrons. The topological polar surface area (TPSA) is 129 Å². The number of hydrogen-bond acceptors (Lipinski definition) is 7. The quantitative estimate of drug-likeness (QED) is 0.264. The number of fused-ring (bicyclic) bond motifs is 2. The van der Waals surface area contributed by atoms with Crippen molar-refractivity contribution in [2.24, 2.45) is 0 Å². The maximum atomic E-state index is 13.3. The molecular weight excluding hydrogens is 427 g/mol. The summed E-state index contributed by atoms with van der Waals surface area (Å²) >= 11 is 0. The first-order valence-electron chi connectivity index (χ1n) is 9.04. The van der Waals surface area contributed by atoms with Gasteiger partial charge in [-0.25, -0.2) is 8.42 Å². The van der Waals surface area contributed by atoms with Gasteiger partial charge in [-0.2, -0.15) is 0 Å². The molecule has 1 aliphatic rings. The minimum atomic E-state index is -5.00. The molecule has 0 heterocycles. The standard InChI is InChI=1S/C22H18N2O5S.Na/c1-11-7-8-12(2)15(9-11)24-16-10-17(30(27,28)29)20(23)19-18(16)21(25)13-5-3-4-6-14(13)22(19)26;/h3-10,24H,23H2,1-2H3,(H,27,28,29);/q;+1/p-1. The van der Waals surface area contributed by atoms with E-state index < -0.39 is 32.3 Å². The largest absolute Gasteiger partial charge is 1.00 e. The fourth-order valence-electron chi connectivity index (χ4n) is 3.61. The Hall–Kier alpha value is -2.49. The number of benzene rings is 3. The molecule has 0 aromatic heterocycles. The third kappa shape index (κ3) is 3.93. The molecule has 7 nitrogen and oxygen atoms in total. The van der Waals surface area contributed by atoms with Gasteiger partial charge in [-0.15, -0.1) is 0 Å². The van der Waals surface area contributed by atoms with Crippen LogP contribution in [0.25, 0.3) is 0 Å². The summed E-state index contributed by atoms with van der Waals surface area (Å²) < 4.78 is 35.5. The zero-order valence-corrected chi connectivity index (χ0v) is 20.0. The van der Waals surface area contributed by atoms with Crippen molar-refractivity contribution in [3.8, 4) is 0 Å². The predicted octanol–water partition coefficient (Wildman–Crippen LogP) is 0.313. The van der Waals surface area contributed by atoms with Gasteiger partial charge < -0.3 is 15.6 Å². The molecule has 0 radical (unpaired) electrons. The molecule has 0 fully saturated rings. The van der Waals surface area contributed by atoms with Crippen LogP contribution >= 0.6 is 0 Å². The summed E-state index contributed by atoms with van der Waals surface area (Å²) in [4.78, 5) is 25.6. The Morgan fingerprint density at radius 2 is 1.45 bits per heavy atom. The molecule has 0 unspecified atom stereocenters. The molecule has 1 aliphatic carbocycles. The van der Waals surface area contributed by atoms with E-state index in [1.54, 1.807) is 12.1 Å². The van der Waals surface area contributed by atoms with Crippen molar-refractivity contribution < 1.29 is 52.1 Å². The monoisotopic (exact) mass is 444 g/mol. The Morgan fingerprint density at radius 1 is 0.871 bits per heavy atom. The van der Waals surface area contributed by atoms with Crippen LogP contribution in [0.15, 0.2) is 53.4 Å². The molecule has 3 aromatic carbocycles. The van der Waals surface area contributed by atoms with Crippen molar-refractivity contribution in [3.63, 3.8) is 0 Å². The molecule has 3 aromatic rings. The van der Waals surface area contributed by atoms with E-state index in [1.165, 1.54) is 12.1 Å². The summed E-state index contributed by atoms with van der Waals surface area (Å²) in [5.74, 6) is -1.08. The molecule has 0 bridgehead atoms. The van der Waals surface area contributed by atoms with Gasteiger partial charge in [0.2, 0.25) is 0 Å². The van der Waals surface area contributed by atoms with Crippen molar-refractivity contribution in [3.05, 3.63) is 81.9 Å². The van der Waals surface area contributed by atoms with Crippen LogP contribution in [0.4, 0.5) is 17.1 Å². The summed E-state index contributed by atoms with van der Waals surface area (Å²) in [5.41, 5.74) is 7.80. The number of nitrogen functional groups attached to an aromatic ring is 1. The Balaban J connectivity index is 0.00000272. The summed E-state index contributed by atoms with van der Waals surface area (Å²) in [7, 11) is -5.00. The molecule has 31 heavy (non-hydrogen) atoms. The van der Waals surface area contributed by atoms with Crippen LogP contribution in [0.1, 0.15) is 43.0 Å². The first kappa shape index (κ1) is 23.2. The Labute approximate surface area is 201 Å². The first-order chi connectivity index (χ1) is 14.1. The van der Waals surface area contributed by atoms with Gasteiger partial charge in [-0.3, -0.25) is 9.59 Å². The third-order valence-corrected chi connectivity index (χ3v) is 6.01. The van der Waals surface area contributed by atoms with Gasteiger partial charge in [0.1, 0.15) is 10.1 Å². The second-order valence-corrected chi connectivity index (χ2v) is 8.54. The van der Waals surface area contributed by atoms with E-state index in [0.717, 1.165) is 17.2 Å². The second-order valence-electron chi connectivity index (χ2n) is 7.19. The maximum Gasteiger partial charge on any atom is 1.00 e. The van der Waals surface area contributed by atoms with Crippen molar-refractivity contribution in [1.82, 2.24) is 0 Å². The number of carbonyl (C=O) groups excluding carboxylic acids is 2. The van der Waals surface area contributed by atoms with Gasteiger partial charge in [0.05, 0.1) is 27.4 Å². The Bertz CT molecular complexity index is 1370. The molecule has 0 saturated carbocycles. The summed E-state index contributed by atoms with van der Waals surface area (Å²) in [6.07, 6.45) is 0. The fraction of sp³-hybridized carbons (Fsp3) is 0.0909. The summed E-state index contributed by atoms with van der Waals surface area (Å²) in [6.45, 7) is 3.71. The molecule has 4 rings (SSSR count). The SMILES string of the molecule is Cc1ccc(C)c(Nc2cc(S(=O)(=O)[O-])c(N)c3c2C(=O)c2ccccc2C3=O)c1.[Na+]. The van der Waals surface area contributed by atoms with E-state index in [-0.39, 0.29) is 57.5 Å². The minimum absolute atomic E-state index is 0. The number of nitrogens with two attached hydrogens (primary N) is 1. The average molecular weight is 444 g/mol. The van der Waals surface area contributed by atoms with Crippen molar-refractivity contribution in [1.29, 1.82) is 0 Å². The summed E-state index contributed by atoms with van der Waals surface area (Å²) in [5, 5.41) is 3.03. The van der Waals surface area contributed by atoms with Crippen molar-refractivity contribution in [2.45, 2.75) is 18.7 Å². The molecule has 0 atom stereocenters. The van der Waals surface area contributed by atoms with Crippen LogP contribution in [0, 0.1) is 13.8 Å². The van der Waals surface area contributed by atoms with Crippen LogP contribution in [0.2, 0.25) is 0 Å². The van der Waals surface area contributed by atoms with Crippen LogP contribution in [0.3, 0.4) is 0 Å². The molecule has 0 amide bonds. The van der Waals surface area contributed by atoms with Crippen LogP contribution < -0.4 is 40.6 Å². The van der Waals surface area contributed by atoms with Gasteiger partial charge in [0, 0.05) is 16.8 Å².